The molecule has 0 aliphatic carbocycles. The maximum atomic E-state index is 12.9. The fraction of sp³-hybridized carbons (Fsp3) is 0.550. The van der Waals surface area contributed by atoms with Crippen molar-refractivity contribution in [2.75, 3.05) is 31.5 Å². The van der Waals surface area contributed by atoms with Gasteiger partial charge in [0.2, 0.25) is 11.8 Å². The Morgan fingerprint density at radius 1 is 1.13 bits per heavy atom. The summed E-state index contributed by atoms with van der Waals surface area (Å²) in [5.41, 5.74) is -0.600. The summed E-state index contributed by atoms with van der Waals surface area (Å²) in [6, 6.07) is 4.08. The van der Waals surface area contributed by atoms with Gasteiger partial charge in [-0.3, -0.25) is 9.59 Å². The SMILES string of the molecule is O=C(CN1CCCCC(NC(=S)Nc2cccc(C(F)(F)F)c2)C1=O)N1CCCC1. The molecule has 1 unspecified atom stereocenters. The van der Waals surface area contributed by atoms with Crippen molar-refractivity contribution < 1.29 is 22.8 Å². The lowest BCUT2D eigenvalue weighted by molar-refractivity contribution is -0.140. The number of alkyl halides is 3. The molecular weight excluding hydrogens is 417 g/mol. The fourth-order valence-corrected chi connectivity index (χ4v) is 3.98. The second-order valence-electron chi connectivity index (χ2n) is 7.57. The van der Waals surface area contributed by atoms with Crippen molar-refractivity contribution >= 4 is 34.8 Å². The Bertz CT molecular complexity index is 797. The molecule has 1 aromatic rings. The van der Waals surface area contributed by atoms with Gasteiger partial charge in [0.25, 0.3) is 0 Å². The highest BCUT2D eigenvalue weighted by atomic mass is 32.1. The third-order valence-electron chi connectivity index (χ3n) is 5.32. The average molecular weight is 443 g/mol. The van der Waals surface area contributed by atoms with E-state index in [1.165, 1.54) is 12.1 Å². The Hall–Kier alpha value is -2.36. The molecule has 2 heterocycles. The van der Waals surface area contributed by atoms with Gasteiger partial charge >= 0.3 is 6.18 Å². The predicted octanol–water partition coefficient (Wildman–Crippen LogP) is 3.00. The fourth-order valence-electron chi connectivity index (χ4n) is 3.72. The van der Waals surface area contributed by atoms with Gasteiger partial charge in [0.05, 0.1) is 12.1 Å². The van der Waals surface area contributed by atoms with E-state index < -0.39 is 17.8 Å². The van der Waals surface area contributed by atoms with Crippen LogP contribution < -0.4 is 10.6 Å². The molecule has 0 aromatic heterocycles. The van der Waals surface area contributed by atoms with Gasteiger partial charge in [-0.05, 0) is 62.5 Å². The number of benzene rings is 1. The van der Waals surface area contributed by atoms with E-state index in [0.29, 0.717) is 13.0 Å². The van der Waals surface area contributed by atoms with E-state index in [1.807, 2.05) is 0 Å². The van der Waals surface area contributed by atoms with Gasteiger partial charge in [0.15, 0.2) is 5.11 Å². The highest BCUT2D eigenvalue weighted by Gasteiger charge is 2.32. The summed E-state index contributed by atoms with van der Waals surface area (Å²) in [6.07, 6.45) is -0.377. The number of amides is 2. The molecule has 6 nitrogen and oxygen atoms in total. The summed E-state index contributed by atoms with van der Waals surface area (Å²) in [4.78, 5) is 28.7. The zero-order valence-electron chi connectivity index (χ0n) is 16.5. The van der Waals surface area contributed by atoms with Crippen LogP contribution in [0.5, 0.6) is 0 Å². The molecule has 3 rings (SSSR count). The minimum atomic E-state index is -4.45. The molecule has 2 aliphatic heterocycles. The van der Waals surface area contributed by atoms with E-state index in [-0.39, 0.29) is 29.2 Å². The third kappa shape index (κ3) is 5.84. The van der Waals surface area contributed by atoms with Crippen LogP contribution in [-0.4, -0.2) is 58.9 Å². The van der Waals surface area contributed by atoms with Crippen LogP contribution in [0, 0.1) is 0 Å². The largest absolute Gasteiger partial charge is 0.416 e. The zero-order chi connectivity index (χ0) is 21.7. The standard InChI is InChI=1S/C20H25F3N4O2S/c21-20(22,23)14-6-5-7-15(12-14)24-19(30)25-16-8-1-2-11-27(18(16)29)13-17(28)26-9-3-4-10-26/h5-7,12,16H,1-4,8-11,13H2,(H2,24,25,30). The summed E-state index contributed by atoms with van der Waals surface area (Å²) < 4.78 is 38.6. The molecule has 1 atom stereocenters. The molecule has 2 fully saturated rings. The van der Waals surface area contributed by atoms with Crippen molar-refractivity contribution in [3.63, 3.8) is 0 Å². The van der Waals surface area contributed by atoms with Crippen molar-refractivity contribution in [2.24, 2.45) is 0 Å². The van der Waals surface area contributed by atoms with Gasteiger partial charge in [-0.25, -0.2) is 0 Å². The number of rotatable bonds is 4. The molecule has 0 spiro atoms. The van der Waals surface area contributed by atoms with Crippen LogP contribution >= 0.6 is 12.2 Å². The second kappa shape index (κ2) is 9.63. The monoisotopic (exact) mass is 442 g/mol. The van der Waals surface area contributed by atoms with Gasteiger partial charge in [-0.1, -0.05) is 6.07 Å². The lowest BCUT2D eigenvalue weighted by atomic mass is 10.1. The number of likely N-dealkylation sites (tertiary alicyclic amines) is 2. The van der Waals surface area contributed by atoms with Crippen molar-refractivity contribution in [3.05, 3.63) is 29.8 Å². The number of anilines is 1. The maximum absolute atomic E-state index is 12.9. The quantitative estimate of drug-likeness (QED) is 0.702. The molecule has 164 valence electrons. The van der Waals surface area contributed by atoms with Crippen LogP contribution in [0.25, 0.3) is 0 Å². The minimum Gasteiger partial charge on any atom is -0.351 e. The van der Waals surface area contributed by atoms with Crippen LogP contribution in [0.15, 0.2) is 24.3 Å². The first kappa shape index (κ1) is 22.3. The Kier molecular flexibility index (Phi) is 7.17. The zero-order valence-corrected chi connectivity index (χ0v) is 17.3. The third-order valence-corrected chi connectivity index (χ3v) is 5.54. The van der Waals surface area contributed by atoms with Crippen LogP contribution in [0.3, 0.4) is 0 Å². The van der Waals surface area contributed by atoms with Crippen molar-refractivity contribution in [1.29, 1.82) is 0 Å². The molecule has 2 saturated heterocycles. The Morgan fingerprint density at radius 3 is 2.53 bits per heavy atom. The summed E-state index contributed by atoms with van der Waals surface area (Å²) in [5, 5.41) is 5.70. The number of halogens is 3. The summed E-state index contributed by atoms with van der Waals surface area (Å²) in [5.74, 6) is -0.264. The number of carbonyl (C=O) groups excluding carboxylic acids is 2. The number of hydrogen-bond donors (Lipinski definition) is 2. The Balaban J connectivity index is 1.59. The van der Waals surface area contributed by atoms with Crippen LogP contribution in [0.2, 0.25) is 0 Å². The van der Waals surface area contributed by atoms with E-state index in [9.17, 15) is 22.8 Å². The van der Waals surface area contributed by atoms with Crippen LogP contribution in [0.1, 0.15) is 37.7 Å². The lowest BCUT2D eigenvalue weighted by Crippen LogP contribution is -2.51. The van der Waals surface area contributed by atoms with Crippen LogP contribution in [-0.2, 0) is 15.8 Å². The smallest absolute Gasteiger partial charge is 0.351 e. The number of nitrogens with zero attached hydrogens (tertiary/aromatic N) is 2. The number of thiocarbonyl (C=S) groups is 1. The highest BCUT2D eigenvalue weighted by molar-refractivity contribution is 7.80. The van der Waals surface area contributed by atoms with Gasteiger partial charge < -0.3 is 20.4 Å². The summed E-state index contributed by atoms with van der Waals surface area (Å²) in [6.45, 7) is 2.01. The van der Waals surface area contributed by atoms with Crippen LogP contribution in [0.4, 0.5) is 18.9 Å². The predicted molar refractivity (Wildman–Crippen MR) is 111 cm³/mol. The molecule has 2 N–H and O–H groups in total. The van der Waals surface area contributed by atoms with Gasteiger partial charge in [0.1, 0.15) is 6.04 Å². The van der Waals surface area contributed by atoms with E-state index in [4.69, 9.17) is 12.2 Å². The molecular formula is C20H25F3N4O2S. The molecule has 2 amide bonds. The maximum Gasteiger partial charge on any atom is 0.416 e. The number of nitrogens with one attached hydrogen (secondary N) is 2. The summed E-state index contributed by atoms with van der Waals surface area (Å²) >= 11 is 5.22. The number of carbonyl (C=O) groups is 2. The first-order chi connectivity index (χ1) is 14.2. The molecule has 10 heteroatoms. The van der Waals surface area contributed by atoms with E-state index >= 15 is 0 Å². The van der Waals surface area contributed by atoms with Crippen molar-refractivity contribution in [3.8, 4) is 0 Å². The Morgan fingerprint density at radius 2 is 1.83 bits per heavy atom. The highest BCUT2D eigenvalue weighted by Crippen LogP contribution is 2.30. The molecule has 2 aliphatic rings. The molecule has 30 heavy (non-hydrogen) atoms. The molecule has 0 radical (unpaired) electrons. The summed E-state index contributed by atoms with van der Waals surface area (Å²) in [7, 11) is 0. The number of hydrogen-bond acceptors (Lipinski definition) is 3. The minimum absolute atomic E-state index is 0.0465. The second-order valence-corrected chi connectivity index (χ2v) is 7.98. The first-order valence-corrected chi connectivity index (χ1v) is 10.5. The topological polar surface area (TPSA) is 64.7 Å². The Labute approximate surface area is 178 Å². The van der Waals surface area contributed by atoms with Gasteiger partial charge in [-0.15, -0.1) is 0 Å². The molecule has 0 bridgehead atoms. The molecule has 0 saturated carbocycles. The van der Waals surface area contributed by atoms with E-state index in [1.54, 1.807) is 9.80 Å². The normalized spacial score (nSPS) is 20.1. The lowest BCUT2D eigenvalue weighted by Gasteiger charge is -2.27. The van der Waals surface area contributed by atoms with E-state index in [0.717, 1.165) is 50.9 Å². The van der Waals surface area contributed by atoms with Gasteiger partial charge in [0, 0.05) is 25.3 Å². The van der Waals surface area contributed by atoms with Crippen molar-refractivity contribution in [2.45, 2.75) is 44.3 Å². The first-order valence-electron chi connectivity index (χ1n) is 10.1. The van der Waals surface area contributed by atoms with Crippen molar-refractivity contribution in [1.82, 2.24) is 15.1 Å². The van der Waals surface area contributed by atoms with E-state index in [2.05, 4.69) is 10.6 Å². The molecule has 1 aromatic carbocycles. The average Bonchev–Trinajstić information content (AvgIpc) is 3.18. The van der Waals surface area contributed by atoms with Gasteiger partial charge in [-0.2, -0.15) is 13.2 Å².